The van der Waals surface area contributed by atoms with Crippen LogP contribution in [0.2, 0.25) is 5.02 Å². The molecule has 3 heteroatoms. The molecular weight excluding hydrogens is 436 g/mol. The first-order valence-corrected chi connectivity index (χ1v) is 11.7. The lowest BCUT2D eigenvalue weighted by Gasteiger charge is -2.13. The Hall–Kier alpha value is -4.14. The van der Waals surface area contributed by atoms with E-state index in [1.165, 1.54) is 21.8 Å². The number of hydrogen-bond donors (Lipinski definition) is 0. The number of aromatic nitrogens is 2. The molecule has 5 aromatic carbocycles. The zero-order valence-electron chi connectivity index (χ0n) is 18.2. The highest BCUT2D eigenvalue weighted by Gasteiger charge is 2.17. The summed E-state index contributed by atoms with van der Waals surface area (Å²) >= 11 is 6.65. The number of halogens is 1. The van der Waals surface area contributed by atoms with Gasteiger partial charge < -0.3 is 4.57 Å². The molecule has 2 aromatic heterocycles. The van der Waals surface area contributed by atoms with Gasteiger partial charge in [-0.25, -0.2) is 4.98 Å². The number of para-hydroxylation sites is 3. The van der Waals surface area contributed by atoms with Gasteiger partial charge in [0.15, 0.2) is 0 Å². The van der Waals surface area contributed by atoms with Crippen LogP contribution in [-0.4, -0.2) is 9.55 Å². The molecule has 0 radical (unpaired) electrons. The first-order chi connectivity index (χ1) is 16.8. The Bertz CT molecular complexity index is 1850. The summed E-state index contributed by atoms with van der Waals surface area (Å²) in [6.07, 6.45) is 0. The fourth-order valence-electron chi connectivity index (χ4n) is 5.12. The second-order valence-electron chi connectivity index (χ2n) is 8.57. The van der Waals surface area contributed by atoms with E-state index in [9.17, 15) is 0 Å². The van der Waals surface area contributed by atoms with Crippen LogP contribution in [-0.2, 0) is 0 Å². The minimum atomic E-state index is 0.670. The van der Waals surface area contributed by atoms with Gasteiger partial charge in [-0.3, -0.25) is 0 Å². The van der Waals surface area contributed by atoms with Crippen LogP contribution in [0.5, 0.6) is 0 Å². The van der Waals surface area contributed by atoms with Crippen LogP contribution in [0.4, 0.5) is 0 Å². The number of hydrogen-bond acceptors (Lipinski definition) is 1. The predicted molar refractivity (Wildman–Crippen MR) is 144 cm³/mol. The van der Waals surface area contributed by atoms with Gasteiger partial charge in [-0.1, -0.05) is 90.5 Å². The van der Waals surface area contributed by atoms with E-state index in [1.807, 2.05) is 18.2 Å². The second-order valence-corrected chi connectivity index (χ2v) is 8.97. The summed E-state index contributed by atoms with van der Waals surface area (Å²) in [7, 11) is 0. The molecule has 0 aliphatic rings. The van der Waals surface area contributed by atoms with Crippen molar-refractivity contribution in [2.45, 2.75) is 0 Å². The van der Waals surface area contributed by atoms with Crippen LogP contribution >= 0.6 is 11.6 Å². The van der Waals surface area contributed by atoms with Gasteiger partial charge in [-0.2, -0.15) is 0 Å². The molecule has 34 heavy (non-hydrogen) atoms. The molecule has 0 amide bonds. The van der Waals surface area contributed by atoms with Gasteiger partial charge in [-0.05, 0) is 41.8 Å². The van der Waals surface area contributed by atoms with E-state index >= 15 is 0 Å². The lowest BCUT2D eigenvalue weighted by molar-refractivity contribution is 1.18. The van der Waals surface area contributed by atoms with Gasteiger partial charge in [0.2, 0.25) is 0 Å². The van der Waals surface area contributed by atoms with Crippen LogP contribution < -0.4 is 0 Å². The maximum absolute atomic E-state index is 6.65. The highest BCUT2D eigenvalue weighted by molar-refractivity contribution is 6.36. The summed E-state index contributed by atoms with van der Waals surface area (Å²) in [5.74, 6) is 0. The molecule has 0 bridgehead atoms. The van der Waals surface area contributed by atoms with Crippen molar-refractivity contribution in [1.82, 2.24) is 9.55 Å². The first-order valence-electron chi connectivity index (χ1n) is 11.4. The molecule has 7 rings (SSSR count). The van der Waals surface area contributed by atoms with E-state index < -0.39 is 0 Å². The summed E-state index contributed by atoms with van der Waals surface area (Å²) in [5.41, 5.74) is 6.36. The first kappa shape index (κ1) is 19.3. The Kier molecular flexibility index (Phi) is 4.23. The molecule has 0 N–H and O–H groups in total. The van der Waals surface area contributed by atoms with E-state index in [-0.39, 0.29) is 0 Å². The maximum atomic E-state index is 6.65. The van der Waals surface area contributed by atoms with Gasteiger partial charge in [0.05, 0.1) is 27.3 Å². The Labute approximate surface area is 201 Å². The molecule has 2 nitrogen and oxygen atoms in total. The van der Waals surface area contributed by atoms with Gasteiger partial charge in [0.25, 0.3) is 0 Å². The van der Waals surface area contributed by atoms with Crippen LogP contribution in [0.1, 0.15) is 0 Å². The summed E-state index contributed by atoms with van der Waals surface area (Å²) in [6.45, 7) is 0. The Morgan fingerprint density at radius 2 is 1.24 bits per heavy atom. The number of rotatable bonds is 2. The average Bonchev–Trinajstić information content (AvgIpc) is 3.22. The topological polar surface area (TPSA) is 17.8 Å². The third-order valence-electron chi connectivity index (χ3n) is 6.63. The van der Waals surface area contributed by atoms with E-state index in [2.05, 4.69) is 102 Å². The van der Waals surface area contributed by atoms with Crippen molar-refractivity contribution in [1.29, 1.82) is 0 Å². The third kappa shape index (κ3) is 2.79. The molecule has 7 aromatic rings. The summed E-state index contributed by atoms with van der Waals surface area (Å²) in [6, 6.07) is 40.2. The van der Waals surface area contributed by atoms with Gasteiger partial charge >= 0.3 is 0 Å². The van der Waals surface area contributed by atoms with E-state index in [4.69, 9.17) is 16.6 Å². The Morgan fingerprint density at radius 1 is 0.529 bits per heavy atom. The van der Waals surface area contributed by atoms with E-state index in [0.717, 1.165) is 38.6 Å². The average molecular weight is 455 g/mol. The zero-order chi connectivity index (χ0) is 22.6. The van der Waals surface area contributed by atoms with Gasteiger partial charge in [-0.15, -0.1) is 0 Å². The molecule has 0 fully saturated rings. The van der Waals surface area contributed by atoms with E-state index in [0.29, 0.717) is 5.02 Å². The van der Waals surface area contributed by atoms with Gasteiger partial charge in [0, 0.05) is 32.8 Å². The highest BCUT2D eigenvalue weighted by atomic mass is 35.5. The van der Waals surface area contributed by atoms with Crippen molar-refractivity contribution in [3.8, 4) is 16.9 Å². The molecule has 0 unspecified atom stereocenters. The van der Waals surface area contributed by atoms with Crippen molar-refractivity contribution < 1.29 is 0 Å². The molecule has 0 atom stereocenters. The molecule has 2 heterocycles. The lowest BCUT2D eigenvalue weighted by atomic mass is 9.98. The van der Waals surface area contributed by atoms with Crippen LogP contribution in [0.15, 0.2) is 115 Å². The standard InChI is InChI=1S/C31H19ClN2/c32-27-16-9-15-23-24-18-25-22-14-7-8-17-28(22)34(21-12-5-2-6-13-21)29(25)19-26(24)30(33-31(23)27)20-10-3-1-4-11-20/h1-19H. The van der Waals surface area contributed by atoms with Gasteiger partial charge in [0.1, 0.15) is 0 Å². The van der Waals surface area contributed by atoms with E-state index in [1.54, 1.807) is 0 Å². The molecular formula is C31H19ClN2. The van der Waals surface area contributed by atoms with Crippen LogP contribution in [0.3, 0.4) is 0 Å². The highest BCUT2D eigenvalue weighted by Crippen LogP contribution is 2.40. The van der Waals surface area contributed by atoms with Crippen molar-refractivity contribution in [3.05, 3.63) is 120 Å². The Balaban J connectivity index is 1.72. The SMILES string of the molecule is Clc1cccc2c1nc(-c1ccccc1)c1cc3c(cc12)c1ccccc1n3-c1ccccc1. The fraction of sp³-hybridized carbons (Fsp3) is 0. The number of fused-ring (bicyclic) bond motifs is 6. The predicted octanol–water partition coefficient (Wildman–Crippen LogP) is 8.81. The van der Waals surface area contributed by atoms with Crippen molar-refractivity contribution >= 4 is 55.1 Å². The second kappa shape index (κ2) is 7.44. The summed E-state index contributed by atoms with van der Waals surface area (Å²) in [5, 5.41) is 6.47. The maximum Gasteiger partial charge on any atom is 0.0902 e. The van der Waals surface area contributed by atoms with Crippen LogP contribution in [0.25, 0.3) is 60.4 Å². The lowest BCUT2D eigenvalue weighted by Crippen LogP contribution is -1.94. The molecule has 160 valence electrons. The molecule has 0 saturated carbocycles. The number of benzene rings is 5. The number of pyridine rings is 1. The summed E-state index contributed by atoms with van der Waals surface area (Å²) < 4.78 is 2.35. The monoisotopic (exact) mass is 454 g/mol. The quantitative estimate of drug-likeness (QED) is 0.238. The fourth-order valence-corrected chi connectivity index (χ4v) is 5.34. The molecule has 0 saturated heterocycles. The van der Waals surface area contributed by atoms with Crippen molar-refractivity contribution in [3.63, 3.8) is 0 Å². The number of nitrogens with zero attached hydrogens (tertiary/aromatic N) is 2. The Morgan fingerprint density at radius 3 is 2.06 bits per heavy atom. The van der Waals surface area contributed by atoms with Crippen molar-refractivity contribution in [2.75, 3.05) is 0 Å². The minimum absolute atomic E-state index is 0.670. The smallest absolute Gasteiger partial charge is 0.0902 e. The summed E-state index contributed by atoms with van der Waals surface area (Å²) in [4.78, 5) is 5.10. The molecule has 0 aliphatic carbocycles. The third-order valence-corrected chi connectivity index (χ3v) is 6.93. The molecule has 0 aliphatic heterocycles. The zero-order valence-corrected chi connectivity index (χ0v) is 19.0. The normalized spacial score (nSPS) is 11.7. The molecule has 0 spiro atoms. The largest absolute Gasteiger partial charge is 0.309 e. The van der Waals surface area contributed by atoms with Crippen molar-refractivity contribution in [2.24, 2.45) is 0 Å². The minimum Gasteiger partial charge on any atom is -0.309 e. The van der Waals surface area contributed by atoms with Crippen LogP contribution in [0, 0.1) is 0 Å².